The van der Waals surface area contributed by atoms with Gasteiger partial charge in [0, 0.05) is 44.0 Å². The summed E-state index contributed by atoms with van der Waals surface area (Å²) < 4.78 is 22.1. The van der Waals surface area contributed by atoms with Crippen LogP contribution >= 0.6 is 0 Å². The minimum Gasteiger partial charge on any atom is -0.370 e. The Morgan fingerprint density at radius 3 is 2.76 bits per heavy atom. The van der Waals surface area contributed by atoms with Crippen LogP contribution in [0.5, 0.6) is 0 Å². The van der Waals surface area contributed by atoms with Gasteiger partial charge in [-0.1, -0.05) is 30.3 Å². The number of morpholine rings is 1. The van der Waals surface area contributed by atoms with E-state index in [1.165, 1.54) is 6.07 Å². The number of H-pyrrole nitrogens is 1. The number of halogens is 1. The molecular formula is C27H25FN8O. The Balaban J connectivity index is 1.24. The van der Waals surface area contributed by atoms with Crippen molar-refractivity contribution in [1.82, 2.24) is 29.5 Å². The number of hydrogen-bond acceptors (Lipinski definition) is 7. The van der Waals surface area contributed by atoms with Gasteiger partial charge in [0.2, 0.25) is 0 Å². The molecule has 0 spiro atoms. The molecule has 0 saturated carbocycles. The molecule has 2 aliphatic heterocycles. The van der Waals surface area contributed by atoms with E-state index in [-0.39, 0.29) is 18.0 Å². The zero-order valence-electron chi connectivity index (χ0n) is 20.0. The third-order valence-electron chi connectivity index (χ3n) is 7.17. The summed E-state index contributed by atoms with van der Waals surface area (Å²) in [5, 5.41) is 4.72. The lowest BCUT2D eigenvalue weighted by Crippen LogP contribution is -2.40. The fourth-order valence-electron chi connectivity index (χ4n) is 5.35. The Morgan fingerprint density at radius 1 is 0.973 bits per heavy atom. The summed E-state index contributed by atoms with van der Waals surface area (Å²) in [6, 6.07) is 16.9. The summed E-state index contributed by atoms with van der Waals surface area (Å²) >= 11 is 0. The number of aromatic nitrogens is 6. The summed E-state index contributed by atoms with van der Waals surface area (Å²) in [4.78, 5) is 21.6. The Labute approximate surface area is 212 Å². The molecule has 0 amide bonds. The van der Waals surface area contributed by atoms with Gasteiger partial charge in [0.1, 0.15) is 41.4 Å². The minimum absolute atomic E-state index is 0.0180. The number of imidazole rings is 1. The van der Waals surface area contributed by atoms with E-state index in [2.05, 4.69) is 41.9 Å². The highest BCUT2D eigenvalue weighted by Crippen LogP contribution is 2.37. The number of benzene rings is 1. The SMILES string of the molecule is Fc1cccn2nc([C@H]3c4nc[nH]c4CCN3c3cc(N4CCO[C@@H](c5ccccc5)C4)ncn3)cc12. The molecule has 6 heterocycles. The standard InChI is InChI=1S/C27H25FN8O/c28-19-7-4-9-36-22(19)13-21(33-36)27-26-20(29-16-32-26)8-10-35(27)25-14-24(30-17-31-25)34-11-12-37-23(15-34)18-5-2-1-3-6-18/h1-7,9,13-14,16-17,23,27H,8,10-12,15H2,(H,29,32)/t23-,27+/m1/s1. The molecule has 186 valence electrons. The quantitative estimate of drug-likeness (QED) is 0.406. The van der Waals surface area contributed by atoms with Crippen molar-refractivity contribution in [3.63, 3.8) is 0 Å². The van der Waals surface area contributed by atoms with Crippen LogP contribution in [0.4, 0.5) is 16.0 Å². The van der Waals surface area contributed by atoms with E-state index in [0.717, 1.165) is 41.6 Å². The molecule has 9 nitrogen and oxygen atoms in total. The van der Waals surface area contributed by atoms with Crippen molar-refractivity contribution in [3.8, 4) is 0 Å². The molecule has 5 aromatic rings. The number of aromatic amines is 1. The summed E-state index contributed by atoms with van der Waals surface area (Å²) in [5.74, 6) is 1.32. The van der Waals surface area contributed by atoms with E-state index < -0.39 is 0 Å². The summed E-state index contributed by atoms with van der Waals surface area (Å²) in [5.41, 5.74) is 4.25. The van der Waals surface area contributed by atoms with Gasteiger partial charge in [0.25, 0.3) is 0 Å². The summed E-state index contributed by atoms with van der Waals surface area (Å²) in [6.45, 7) is 2.79. The first-order valence-electron chi connectivity index (χ1n) is 12.4. The highest BCUT2D eigenvalue weighted by Gasteiger charge is 2.34. The summed E-state index contributed by atoms with van der Waals surface area (Å²) in [6.07, 6.45) is 5.85. The molecule has 10 heteroatoms. The van der Waals surface area contributed by atoms with E-state index >= 15 is 0 Å². The average Bonchev–Trinajstić information content (AvgIpc) is 3.61. The Hall–Kier alpha value is -4.31. The number of nitrogens with one attached hydrogen (secondary N) is 1. The highest BCUT2D eigenvalue weighted by atomic mass is 19.1. The highest BCUT2D eigenvalue weighted by molar-refractivity contribution is 5.57. The number of hydrogen-bond donors (Lipinski definition) is 1. The van der Waals surface area contributed by atoms with Gasteiger partial charge in [0.15, 0.2) is 0 Å². The van der Waals surface area contributed by atoms with Crippen LogP contribution in [0.3, 0.4) is 0 Å². The Kier molecular flexibility index (Phi) is 5.32. The zero-order valence-corrected chi connectivity index (χ0v) is 20.0. The van der Waals surface area contributed by atoms with Crippen molar-refractivity contribution < 1.29 is 9.13 Å². The molecule has 1 fully saturated rings. The smallest absolute Gasteiger partial charge is 0.148 e. The molecule has 0 bridgehead atoms. The molecule has 2 aliphatic rings. The molecule has 7 rings (SSSR count). The molecular weight excluding hydrogens is 471 g/mol. The number of anilines is 2. The molecule has 1 aromatic carbocycles. The maximum atomic E-state index is 14.5. The van der Waals surface area contributed by atoms with Crippen molar-refractivity contribution >= 4 is 17.2 Å². The van der Waals surface area contributed by atoms with Gasteiger partial charge >= 0.3 is 0 Å². The minimum atomic E-state index is -0.310. The van der Waals surface area contributed by atoms with Gasteiger partial charge < -0.3 is 19.5 Å². The molecule has 0 unspecified atom stereocenters. The summed E-state index contributed by atoms with van der Waals surface area (Å²) in [7, 11) is 0. The first-order valence-corrected chi connectivity index (χ1v) is 12.4. The largest absolute Gasteiger partial charge is 0.370 e. The van der Waals surface area contributed by atoms with Crippen LogP contribution in [0.1, 0.15) is 34.8 Å². The fourth-order valence-corrected chi connectivity index (χ4v) is 5.35. The molecule has 0 radical (unpaired) electrons. The van der Waals surface area contributed by atoms with Crippen molar-refractivity contribution in [1.29, 1.82) is 0 Å². The predicted molar refractivity (Wildman–Crippen MR) is 136 cm³/mol. The van der Waals surface area contributed by atoms with Crippen molar-refractivity contribution in [3.05, 3.63) is 102 Å². The zero-order chi connectivity index (χ0) is 24.8. The van der Waals surface area contributed by atoms with E-state index in [1.807, 2.05) is 24.3 Å². The van der Waals surface area contributed by atoms with E-state index in [0.29, 0.717) is 30.9 Å². The maximum absolute atomic E-state index is 14.5. The predicted octanol–water partition coefficient (Wildman–Crippen LogP) is 3.72. The number of pyridine rings is 1. The Morgan fingerprint density at radius 2 is 1.86 bits per heavy atom. The Bertz CT molecular complexity index is 1550. The lowest BCUT2D eigenvalue weighted by Gasteiger charge is -2.36. The average molecular weight is 497 g/mol. The molecule has 4 aromatic heterocycles. The second-order valence-corrected chi connectivity index (χ2v) is 9.32. The van der Waals surface area contributed by atoms with E-state index in [1.54, 1.807) is 35.5 Å². The van der Waals surface area contributed by atoms with Crippen LogP contribution in [0, 0.1) is 5.82 Å². The fraction of sp³-hybridized carbons (Fsp3) is 0.259. The first kappa shape index (κ1) is 21.9. The van der Waals surface area contributed by atoms with Crippen molar-refractivity contribution in [2.24, 2.45) is 0 Å². The van der Waals surface area contributed by atoms with Crippen molar-refractivity contribution in [2.45, 2.75) is 18.6 Å². The number of fused-ring (bicyclic) bond motifs is 2. The molecule has 1 saturated heterocycles. The number of ether oxygens (including phenoxy) is 1. The monoisotopic (exact) mass is 496 g/mol. The first-order chi connectivity index (χ1) is 18.2. The van der Waals surface area contributed by atoms with Crippen LogP contribution in [-0.2, 0) is 11.2 Å². The van der Waals surface area contributed by atoms with Gasteiger partial charge in [-0.05, 0) is 23.8 Å². The van der Waals surface area contributed by atoms with Crippen molar-refractivity contribution in [2.75, 3.05) is 36.0 Å². The van der Waals surface area contributed by atoms with Crippen LogP contribution in [-0.4, -0.2) is 55.8 Å². The number of rotatable bonds is 4. The third kappa shape index (κ3) is 3.89. The molecule has 0 aliphatic carbocycles. The molecule has 1 N–H and O–H groups in total. The van der Waals surface area contributed by atoms with Gasteiger partial charge in [0.05, 0.1) is 24.3 Å². The second-order valence-electron chi connectivity index (χ2n) is 9.32. The van der Waals surface area contributed by atoms with E-state index in [4.69, 9.17) is 9.84 Å². The van der Waals surface area contributed by atoms with Gasteiger partial charge in [-0.3, -0.25) is 0 Å². The van der Waals surface area contributed by atoms with E-state index in [9.17, 15) is 4.39 Å². The van der Waals surface area contributed by atoms with Gasteiger partial charge in [-0.15, -0.1) is 0 Å². The van der Waals surface area contributed by atoms with Gasteiger partial charge in [-0.25, -0.2) is 23.9 Å². The lowest BCUT2D eigenvalue weighted by atomic mass is 9.99. The van der Waals surface area contributed by atoms with Crippen LogP contribution in [0.25, 0.3) is 5.52 Å². The number of nitrogens with zero attached hydrogens (tertiary/aromatic N) is 7. The van der Waals surface area contributed by atoms with Crippen LogP contribution in [0.2, 0.25) is 0 Å². The lowest BCUT2D eigenvalue weighted by molar-refractivity contribution is 0.0395. The molecule has 37 heavy (non-hydrogen) atoms. The van der Waals surface area contributed by atoms with Crippen LogP contribution < -0.4 is 9.80 Å². The normalized spacial score (nSPS) is 19.8. The second kappa shape index (κ2) is 8.97. The third-order valence-corrected chi connectivity index (χ3v) is 7.17. The van der Waals surface area contributed by atoms with Gasteiger partial charge in [-0.2, -0.15) is 5.10 Å². The van der Waals surface area contributed by atoms with Crippen LogP contribution in [0.15, 0.2) is 73.4 Å². The topological polar surface area (TPSA) is 87.5 Å². The maximum Gasteiger partial charge on any atom is 0.148 e. The molecule has 2 atom stereocenters.